The van der Waals surface area contributed by atoms with E-state index in [1.807, 2.05) is 41.3 Å². The van der Waals surface area contributed by atoms with Gasteiger partial charge in [0, 0.05) is 38.2 Å². The Hall–Kier alpha value is -2.21. The summed E-state index contributed by atoms with van der Waals surface area (Å²) < 4.78 is 0. The highest BCUT2D eigenvalue weighted by molar-refractivity contribution is 5.85. The molecule has 5 nitrogen and oxygen atoms in total. The minimum atomic E-state index is -0.601. The van der Waals surface area contributed by atoms with Gasteiger partial charge in [0.2, 0.25) is 5.91 Å². The summed E-state index contributed by atoms with van der Waals surface area (Å²) in [7, 11) is 0. The van der Waals surface area contributed by atoms with Crippen LogP contribution >= 0.6 is 0 Å². The topological polar surface area (TPSA) is 72.8 Å². The van der Waals surface area contributed by atoms with Crippen LogP contribution in [0.15, 0.2) is 60.7 Å². The van der Waals surface area contributed by atoms with Crippen molar-refractivity contribution in [3.8, 4) is 0 Å². The van der Waals surface area contributed by atoms with E-state index in [-0.39, 0.29) is 24.3 Å². The summed E-state index contributed by atoms with van der Waals surface area (Å²) in [5.41, 5.74) is 1.46. The Bertz CT molecular complexity index is 884. The van der Waals surface area contributed by atoms with Gasteiger partial charge in [-0.2, -0.15) is 0 Å². The van der Waals surface area contributed by atoms with E-state index in [1.54, 1.807) is 0 Å². The number of nitrogens with one attached hydrogen (secondary N) is 1. The quantitative estimate of drug-likeness (QED) is 0.720. The van der Waals surface area contributed by atoms with Gasteiger partial charge >= 0.3 is 0 Å². The molecule has 2 aromatic carbocycles. The largest absolute Gasteiger partial charge is 0.396 e. The van der Waals surface area contributed by atoms with Crippen molar-refractivity contribution < 1.29 is 15.0 Å². The smallest absolute Gasteiger partial charge is 0.231 e. The van der Waals surface area contributed by atoms with E-state index in [9.17, 15) is 15.0 Å². The molecule has 2 heterocycles. The highest BCUT2D eigenvalue weighted by atomic mass is 16.3. The normalized spacial score (nSPS) is 32.2. The van der Waals surface area contributed by atoms with Crippen LogP contribution in [0.3, 0.4) is 0 Å². The fraction of sp³-hybridized carbons (Fsp3) is 0.458. The Morgan fingerprint density at radius 1 is 1.07 bits per heavy atom. The van der Waals surface area contributed by atoms with E-state index < -0.39 is 16.9 Å². The summed E-state index contributed by atoms with van der Waals surface area (Å²) in [6.07, 6.45) is 0.112. The van der Waals surface area contributed by atoms with Crippen LogP contribution in [-0.2, 0) is 11.2 Å². The molecule has 2 saturated heterocycles. The zero-order chi connectivity index (χ0) is 20.1. The third-order valence-electron chi connectivity index (χ3n) is 7.45. The molecule has 5 rings (SSSR count). The van der Waals surface area contributed by atoms with Gasteiger partial charge in [-0.1, -0.05) is 60.7 Å². The molecule has 5 heteroatoms. The molecule has 0 unspecified atom stereocenters. The van der Waals surface area contributed by atoms with E-state index in [4.69, 9.17) is 0 Å². The Labute approximate surface area is 171 Å². The average molecular weight is 392 g/mol. The molecule has 3 N–H and O–H groups in total. The molecule has 0 bridgehead atoms. The van der Waals surface area contributed by atoms with Crippen molar-refractivity contribution in [3.05, 3.63) is 71.8 Å². The number of β-amino-alcohol motifs (C(OH)–C–C–N with tert-alkyl or cyclic N) is 1. The number of carbonyl (C=O) groups excluding carboxylic acids is 1. The number of carbonyl (C=O) groups is 1. The van der Waals surface area contributed by atoms with Crippen LogP contribution in [-0.4, -0.2) is 59.9 Å². The third-order valence-corrected chi connectivity index (χ3v) is 7.45. The van der Waals surface area contributed by atoms with Gasteiger partial charge in [-0.3, -0.25) is 4.79 Å². The number of rotatable bonds is 5. The fourth-order valence-corrected chi connectivity index (χ4v) is 5.82. The van der Waals surface area contributed by atoms with E-state index in [1.165, 1.54) is 5.56 Å². The number of benzene rings is 2. The molecule has 4 atom stereocenters. The van der Waals surface area contributed by atoms with Crippen LogP contribution in [0.5, 0.6) is 0 Å². The molecule has 1 saturated carbocycles. The molecular formula is C24H28N2O3. The van der Waals surface area contributed by atoms with Crippen LogP contribution in [0, 0.1) is 16.7 Å². The molecule has 3 fully saturated rings. The summed E-state index contributed by atoms with van der Waals surface area (Å²) in [6.45, 7) is 2.26. The van der Waals surface area contributed by atoms with Crippen molar-refractivity contribution in [2.75, 3.05) is 32.8 Å². The maximum atomic E-state index is 13.6. The highest BCUT2D eigenvalue weighted by Gasteiger charge is 2.72. The zero-order valence-electron chi connectivity index (χ0n) is 16.5. The second-order valence-corrected chi connectivity index (χ2v) is 9.04. The summed E-state index contributed by atoms with van der Waals surface area (Å²) in [5.74, 6) is 0.236. The summed E-state index contributed by atoms with van der Waals surface area (Å²) in [6, 6.07) is 20.2. The number of amides is 1. The van der Waals surface area contributed by atoms with Crippen molar-refractivity contribution in [2.45, 2.75) is 18.4 Å². The molecular weight excluding hydrogens is 364 g/mol. The fourth-order valence-electron chi connectivity index (χ4n) is 5.82. The number of aliphatic hydroxyl groups excluding tert-OH is 2. The van der Waals surface area contributed by atoms with Crippen LogP contribution < -0.4 is 5.32 Å². The van der Waals surface area contributed by atoms with Crippen LogP contribution in [0.2, 0.25) is 0 Å². The van der Waals surface area contributed by atoms with Gasteiger partial charge in [0.15, 0.2) is 0 Å². The average Bonchev–Trinajstić information content (AvgIpc) is 3.26. The summed E-state index contributed by atoms with van der Waals surface area (Å²) >= 11 is 0. The number of likely N-dealkylation sites (tertiary alicyclic amines) is 1. The van der Waals surface area contributed by atoms with Gasteiger partial charge in [0.25, 0.3) is 0 Å². The lowest BCUT2D eigenvalue weighted by molar-refractivity contribution is -0.144. The minimum Gasteiger partial charge on any atom is -0.396 e. The first-order valence-corrected chi connectivity index (χ1v) is 10.5. The van der Waals surface area contributed by atoms with Crippen LogP contribution in [0.1, 0.15) is 17.0 Å². The van der Waals surface area contributed by atoms with E-state index >= 15 is 0 Å². The molecule has 29 heavy (non-hydrogen) atoms. The van der Waals surface area contributed by atoms with Gasteiger partial charge in [-0.05, 0) is 29.4 Å². The Morgan fingerprint density at radius 3 is 2.31 bits per heavy atom. The van der Waals surface area contributed by atoms with Crippen LogP contribution in [0.4, 0.5) is 0 Å². The van der Waals surface area contributed by atoms with Crippen LogP contribution in [0.25, 0.3) is 0 Å². The predicted octanol–water partition coefficient (Wildman–Crippen LogP) is 1.41. The third kappa shape index (κ3) is 2.83. The molecule has 152 valence electrons. The van der Waals surface area contributed by atoms with Crippen molar-refractivity contribution in [2.24, 2.45) is 16.7 Å². The summed E-state index contributed by atoms with van der Waals surface area (Å²) in [4.78, 5) is 15.4. The predicted molar refractivity (Wildman–Crippen MR) is 110 cm³/mol. The molecule has 1 aliphatic carbocycles. The molecule has 2 aliphatic heterocycles. The highest BCUT2D eigenvalue weighted by Crippen LogP contribution is 2.68. The van der Waals surface area contributed by atoms with Crippen molar-refractivity contribution >= 4 is 5.91 Å². The Balaban J connectivity index is 1.37. The molecule has 1 spiro atoms. The lowest BCUT2D eigenvalue weighted by atomic mass is 9.75. The molecule has 3 aliphatic rings. The SMILES string of the molecule is O=C(N1C[C@H](O)[C@@]2(C1)[C@H](CO)[C@H]2c1ccccc1)C1(Cc2ccccc2)CNC1. The first kappa shape index (κ1) is 18.8. The van der Waals surface area contributed by atoms with E-state index in [2.05, 4.69) is 29.6 Å². The lowest BCUT2D eigenvalue weighted by Gasteiger charge is -2.43. The number of nitrogens with zero attached hydrogens (tertiary/aromatic N) is 1. The van der Waals surface area contributed by atoms with Gasteiger partial charge in [-0.25, -0.2) is 0 Å². The van der Waals surface area contributed by atoms with E-state index in [0.29, 0.717) is 32.6 Å². The van der Waals surface area contributed by atoms with Crippen molar-refractivity contribution in [3.63, 3.8) is 0 Å². The minimum absolute atomic E-state index is 0.00212. The van der Waals surface area contributed by atoms with Gasteiger partial charge in [-0.15, -0.1) is 0 Å². The first-order valence-electron chi connectivity index (χ1n) is 10.5. The number of aliphatic hydroxyl groups is 2. The first-order chi connectivity index (χ1) is 14.1. The van der Waals surface area contributed by atoms with Crippen molar-refractivity contribution in [1.29, 1.82) is 0 Å². The monoisotopic (exact) mass is 392 g/mol. The van der Waals surface area contributed by atoms with E-state index in [0.717, 1.165) is 5.56 Å². The lowest BCUT2D eigenvalue weighted by Crippen LogP contribution is -2.63. The maximum Gasteiger partial charge on any atom is 0.231 e. The standard InChI is InChI=1S/C24H28N2O3/c27-13-19-21(18-9-5-2-6-10-18)24(19)16-26(12-20(24)28)22(29)23(14-25-15-23)11-17-7-3-1-4-8-17/h1-10,19-21,25,27-28H,11-16H2/t19-,20+,21-,24-/m1/s1. The molecule has 0 radical (unpaired) electrons. The summed E-state index contributed by atoms with van der Waals surface area (Å²) in [5, 5.41) is 24.3. The number of hydrogen-bond acceptors (Lipinski definition) is 4. The Morgan fingerprint density at radius 2 is 1.72 bits per heavy atom. The maximum absolute atomic E-state index is 13.6. The van der Waals surface area contributed by atoms with Gasteiger partial charge < -0.3 is 20.4 Å². The molecule has 2 aromatic rings. The van der Waals surface area contributed by atoms with Crippen molar-refractivity contribution in [1.82, 2.24) is 10.2 Å². The Kier molecular flexibility index (Phi) is 4.50. The second-order valence-electron chi connectivity index (χ2n) is 9.04. The molecule has 0 aromatic heterocycles. The van der Waals surface area contributed by atoms with Gasteiger partial charge in [0.1, 0.15) is 0 Å². The second kappa shape index (κ2) is 6.94. The zero-order valence-corrected chi connectivity index (χ0v) is 16.5. The van der Waals surface area contributed by atoms with Gasteiger partial charge in [0.05, 0.1) is 11.5 Å². The molecule has 1 amide bonds. The number of hydrogen-bond donors (Lipinski definition) is 3.